The normalized spacial score (nSPS) is 18.9. The Labute approximate surface area is 213 Å². The molecule has 8 nitrogen and oxygen atoms in total. The lowest BCUT2D eigenvalue weighted by Crippen LogP contribution is -2.35. The predicted octanol–water partition coefficient (Wildman–Crippen LogP) is 4.12. The molecule has 8 heteroatoms. The van der Waals surface area contributed by atoms with Crippen molar-refractivity contribution in [3.05, 3.63) is 101 Å². The molecule has 0 saturated heterocycles. The molecular formula is C29H23N5O3. The van der Waals surface area contributed by atoms with Crippen LogP contribution in [0.4, 0.5) is 22.9 Å². The molecule has 0 bridgehead atoms. The minimum atomic E-state index is -0.608. The molecule has 2 aromatic heterocycles. The summed E-state index contributed by atoms with van der Waals surface area (Å²) in [6.45, 7) is 0.551. The van der Waals surface area contributed by atoms with Crippen molar-refractivity contribution in [1.29, 1.82) is 0 Å². The van der Waals surface area contributed by atoms with Crippen LogP contribution in [-0.4, -0.2) is 33.4 Å². The Kier molecular flexibility index (Phi) is 4.60. The van der Waals surface area contributed by atoms with Crippen LogP contribution < -0.4 is 15.5 Å². The first-order valence-corrected chi connectivity index (χ1v) is 12.3. The van der Waals surface area contributed by atoms with Gasteiger partial charge in [0.1, 0.15) is 17.3 Å². The van der Waals surface area contributed by atoms with Crippen molar-refractivity contribution in [3.63, 3.8) is 0 Å². The molecule has 0 fully saturated rings. The van der Waals surface area contributed by atoms with Crippen molar-refractivity contribution < 1.29 is 14.7 Å². The molecule has 37 heavy (non-hydrogen) atoms. The summed E-state index contributed by atoms with van der Waals surface area (Å²) >= 11 is 0. The lowest BCUT2D eigenvalue weighted by molar-refractivity contribution is -0.120. The van der Waals surface area contributed by atoms with E-state index in [1.807, 2.05) is 24.3 Å². The number of nitrogens with zero attached hydrogens (tertiary/aromatic N) is 3. The first-order chi connectivity index (χ1) is 18.0. The quantitative estimate of drug-likeness (QED) is 0.400. The van der Waals surface area contributed by atoms with E-state index in [0.29, 0.717) is 37.3 Å². The first kappa shape index (κ1) is 21.6. The number of phenols is 1. The summed E-state index contributed by atoms with van der Waals surface area (Å²) in [5.74, 6) is 0.684. The molecule has 4 heterocycles. The van der Waals surface area contributed by atoms with E-state index in [1.54, 1.807) is 41.6 Å². The van der Waals surface area contributed by atoms with Gasteiger partial charge in [0.15, 0.2) is 0 Å². The van der Waals surface area contributed by atoms with Crippen LogP contribution in [0.25, 0.3) is 0 Å². The molecular weight excluding hydrogens is 466 g/mol. The van der Waals surface area contributed by atoms with Gasteiger partial charge in [0.2, 0.25) is 5.91 Å². The largest absolute Gasteiger partial charge is 0.508 e. The fourth-order valence-electron chi connectivity index (χ4n) is 5.87. The summed E-state index contributed by atoms with van der Waals surface area (Å²) in [6.07, 6.45) is 5.28. The smallest absolute Gasteiger partial charge is 0.276 e. The van der Waals surface area contributed by atoms with Gasteiger partial charge in [-0.25, -0.2) is 4.98 Å². The lowest BCUT2D eigenvalue weighted by atomic mass is 9.79. The van der Waals surface area contributed by atoms with E-state index >= 15 is 0 Å². The van der Waals surface area contributed by atoms with Crippen LogP contribution in [0.2, 0.25) is 0 Å². The van der Waals surface area contributed by atoms with E-state index in [4.69, 9.17) is 0 Å². The molecule has 2 aromatic carbocycles. The summed E-state index contributed by atoms with van der Waals surface area (Å²) in [5, 5.41) is 16.1. The maximum absolute atomic E-state index is 13.3. The van der Waals surface area contributed by atoms with Crippen LogP contribution in [0.3, 0.4) is 0 Å². The molecule has 182 valence electrons. The van der Waals surface area contributed by atoms with E-state index in [9.17, 15) is 14.7 Å². The second-order valence-electron chi connectivity index (χ2n) is 9.85. The molecule has 1 spiro atoms. The highest BCUT2D eigenvalue weighted by Crippen LogP contribution is 2.47. The standard InChI is InChI=1S/C29H23N5O3/c35-22-5-6-25-17(13-22)8-11-34(25)27(36)24-14-21(7-10-30-24)32-20-4-3-18-15-29(16-19(18)12-20)23-2-1-9-31-26(23)33-28(29)37/h1-7,9-10,12-14,35H,8,11,15-16H2,(H,30,32)(H,31,33,37). The number of nitrogens with one attached hydrogen (secondary N) is 2. The monoisotopic (exact) mass is 489 g/mol. The second kappa shape index (κ2) is 7.89. The van der Waals surface area contributed by atoms with E-state index in [1.165, 1.54) is 0 Å². The number of pyridine rings is 2. The molecule has 2 aliphatic heterocycles. The molecule has 4 aromatic rings. The molecule has 1 unspecified atom stereocenters. The Hall–Kier alpha value is -4.72. The number of benzene rings is 2. The molecule has 0 radical (unpaired) electrons. The van der Waals surface area contributed by atoms with Crippen molar-refractivity contribution >= 4 is 34.7 Å². The van der Waals surface area contributed by atoms with Crippen molar-refractivity contribution in [1.82, 2.24) is 9.97 Å². The van der Waals surface area contributed by atoms with Crippen LogP contribution in [0, 0.1) is 0 Å². The van der Waals surface area contributed by atoms with Gasteiger partial charge in [0.25, 0.3) is 5.91 Å². The summed E-state index contributed by atoms with van der Waals surface area (Å²) in [7, 11) is 0. The van der Waals surface area contributed by atoms with Crippen molar-refractivity contribution in [2.75, 3.05) is 22.1 Å². The number of carbonyl (C=O) groups is 2. The number of hydrogen-bond acceptors (Lipinski definition) is 6. The number of phenolic OH excluding ortho intramolecular Hbond substituents is 1. The zero-order valence-electron chi connectivity index (χ0n) is 19.9. The highest BCUT2D eigenvalue weighted by Gasteiger charge is 2.51. The van der Waals surface area contributed by atoms with Gasteiger partial charge in [-0.3, -0.25) is 14.6 Å². The van der Waals surface area contributed by atoms with Crippen molar-refractivity contribution in [2.45, 2.75) is 24.7 Å². The van der Waals surface area contributed by atoms with E-state index < -0.39 is 5.41 Å². The Morgan fingerprint density at radius 2 is 1.81 bits per heavy atom. The van der Waals surface area contributed by atoms with E-state index in [2.05, 4.69) is 32.7 Å². The van der Waals surface area contributed by atoms with Gasteiger partial charge in [-0.1, -0.05) is 12.1 Å². The number of anilines is 4. The fourth-order valence-corrected chi connectivity index (χ4v) is 5.87. The van der Waals surface area contributed by atoms with E-state index in [-0.39, 0.29) is 17.6 Å². The van der Waals surface area contributed by atoms with Crippen LogP contribution in [0.15, 0.2) is 73.1 Å². The molecule has 1 aliphatic carbocycles. The lowest BCUT2D eigenvalue weighted by Gasteiger charge is -2.20. The van der Waals surface area contributed by atoms with Gasteiger partial charge in [-0.2, -0.15) is 0 Å². The topological polar surface area (TPSA) is 107 Å². The minimum Gasteiger partial charge on any atom is -0.508 e. The minimum absolute atomic E-state index is 0.00268. The third-order valence-corrected chi connectivity index (χ3v) is 7.65. The Morgan fingerprint density at radius 1 is 0.946 bits per heavy atom. The number of rotatable bonds is 3. The van der Waals surface area contributed by atoms with Gasteiger partial charge in [0.05, 0.1) is 5.41 Å². The number of amides is 2. The highest BCUT2D eigenvalue weighted by atomic mass is 16.3. The van der Waals surface area contributed by atoms with Crippen LogP contribution in [0.5, 0.6) is 5.75 Å². The average molecular weight is 490 g/mol. The van der Waals surface area contributed by atoms with Gasteiger partial charge in [0, 0.05) is 41.6 Å². The number of aromatic hydroxyl groups is 1. The zero-order valence-corrected chi connectivity index (χ0v) is 19.9. The van der Waals surface area contributed by atoms with Gasteiger partial charge < -0.3 is 20.6 Å². The molecule has 1 atom stereocenters. The number of aromatic nitrogens is 2. The van der Waals surface area contributed by atoms with Crippen LogP contribution in [-0.2, 0) is 29.5 Å². The summed E-state index contributed by atoms with van der Waals surface area (Å²) < 4.78 is 0. The third-order valence-electron chi connectivity index (χ3n) is 7.65. The molecule has 0 saturated carbocycles. The Morgan fingerprint density at radius 3 is 2.73 bits per heavy atom. The molecule has 3 aliphatic rings. The van der Waals surface area contributed by atoms with Gasteiger partial charge in [-0.15, -0.1) is 0 Å². The van der Waals surface area contributed by atoms with Gasteiger partial charge in [-0.05, 0) is 84.5 Å². The second-order valence-corrected chi connectivity index (χ2v) is 9.85. The summed E-state index contributed by atoms with van der Waals surface area (Å²) in [4.78, 5) is 36.6. The SMILES string of the molecule is O=C(c1cc(Nc2ccc3c(c2)CC2(C3)C(=O)Nc3ncccc32)ccn1)N1CCc2cc(O)ccc21. The summed E-state index contributed by atoms with van der Waals surface area (Å²) in [5.41, 5.74) is 6.37. The zero-order chi connectivity index (χ0) is 25.1. The molecule has 2 amide bonds. The number of fused-ring (bicyclic) bond motifs is 4. The highest BCUT2D eigenvalue weighted by molar-refractivity contribution is 6.07. The predicted molar refractivity (Wildman–Crippen MR) is 139 cm³/mol. The Bertz CT molecular complexity index is 1620. The van der Waals surface area contributed by atoms with Gasteiger partial charge >= 0.3 is 0 Å². The molecule has 3 N–H and O–H groups in total. The van der Waals surface area contributed by atoms with Crippen LogP contribution in [0.1, 0.15) is 32.7 Å². The van der Waals surface area contributed by atoms with Crippen LogP contribution >= 0.6 is 0 Å². The summed E-state index contributed by atoms with van der Waals surface area (Å²) in [6, 6.07) is 18.7. The number of hydrogen-bond donors (Lipinski definition) is 3. The number of carbonyl (C=O) groups excluding carboxylic acids is 2. The first-order valence-electron chi connectivity index (χ1n) is 12.3. The van der Waals surface area contributed by atoms with Crippen molar-refractivity contribution in [2.24, 2.45) is 0 Å². The fraction of sp³-hybridized carbons (Fsp3) is 0.172. The van der Waals surface area contributed by atoms with Crippen molar-refractivity contribution in [3.8, 4) is 5.75 Å². The maximum Gasteiger partial charge on any atom is 0.276 e. The average Bonchev–Trinajstić information content (AvgIpc) is 3.57. The molecule has 7 rings (SSSR count). The maximum atomic E-state index is 13.3. The van der Waals surface area contributed by atoms with E-state index in [0.717, 1.165) is 39.3 Å². The Balaban J connectivity index is 1.13. The third kappa shape index (κ3) is 3.36.